The van der Waals surface area contributed by atoms with E-state index in [-0.39, 0.29) is 0 Å². The van der Waals surface area contributed by atoms with Crippen LogP contribution in [0.2, 0.25) is 0 Å². The fourth-order valence-corrected chi connectivity index (χ4v) is 4.30. The minimum atomic E-state index is 0.878. The zero-order valence-corrected chi connectivity index (χ0v) is 13.6. The predicted molar refractivity (Wildman–Crippen MR) is 92.3 cm³/mol. The molecule has 3 rings (SSSR count). The van der Waals surface area contributed by atoms with Crippen LogP contribution < -0.4 is 0 Å². The molecule has 0 atom stereocenters. The maximum absolute atomic E-state index is 2.56. The number of rotatable bonds is 3. The Kier molecular flexibility index (Phi) is 5.17. The van der Waals surface area contributed by atoms with Crippen molar-refractivity contribution >= 4 is 6.08 Å². The summed E-state index contributed by atoms with van der Waals surface area (Å²) in [6.45, 7) is 2.18. The van der Waals surface area contributed by atoms with Gasteiger partial charge in [-0.2, -0.15) is 0 Å². The predicted octanol–water partition coefficient (Wildman–Crippen LogP) is 6.54. The first kappa shape index (κ1) is 14.9. The van der Waals surface area contributed by atoms with Crippen LogP contribution in [-0.2, 0) is 0 Å². The molecule has 2 saturated carbocycles. The molecule has 1 aromatic carbocycles. The molecule has 0 unspecified atom stereocenters. The van der Waals surface area contributed by atoms with E-state index < -0.39 is 0 Å². The molecule has 0 aromatic heterocycles. The fourth-order valence-electron chi connectivity index (χ4n) is 4.30. The van der Waals surface area contributed by atoms with Crippen LogP contribution in [0.25, 0.3) is 6.08 Å². The molecule has 0 bridgehead atoms. The normalized spacial score (nSPS) is 21.2. The summed E-state index contributed by atoms with van der Waals surface area (Å²) in [6.07, 6.45) is 17.0. The highest BCUT2D eigenvalue weighted by Gasteiger charge is 2.25. The van der Waals surface area contributed by atoms with E-state index in [4.69, 9.17) is 0 Å². The molecule has 0 spiro atoms. The number of aryl methyl sites for hydroxylation is 1. The molecule has 0 saturated heterocycles. The summed E-state index contributed by atoms with van der Waals surface area (Å²) in [5.41, 5.74) is 4.59. The smallest absolute Gasteiger partial charge is 0.0197 e. The monoisotopic (exact) mass is 282 g/mol. The van der Waals surface area contributed by atoms with Crippen LogP contribution in [0.15, 0.2) is 29.8 Å². The zero-order valence-electron chi connectivity index (χ0n) is 13.6. The van der Waals surface area contributed by atoms with Crippen molar-refractivity contribution in [3.8, 4) is 0 Å². The molecular weight excluding hydrogens is 252 g/mol. The third-order valence-electron chi connectivity index (χ3n) is 5.56. The van der Waals surface area contributed by atoms with Crippen LogP contribution in [0.4, 0.5) is 0 Å². The van der Waals surface area contributed by atoms with Crippen molar-refractivity contribution in [2.24, 2.45) is 11.8 Å². The van der Waals surface area contributed by atoms with E-state index in [9.17, 15) is 0 Å². The van der Waals surface area contributed by atoms with Gasteiger partial charge in [-0.3, -0.25) is 0 Å². The summed E-state index contributed by atoms with van der Waals surface area (Å²) in [4.78, 5) is 0. The van der Waals surface area contributed by atoms with Crippen molar-refractivity contribution in [3.05, 3.63) is 41.0 Å². The van der Waals surface area contributed by atoms with Crippen molar-refractivity contribution in [3.63, 3.8) is 0 Å². The Bertz CT molecular complexity index is 433. The van der Waals surface area contributed by atoms with E-state index in [0.29, 0.717) is 0 Å². The van der Waals surface area contributed by atoms with E-state index in [0.717, 1.165) is 11.8 Å². The van der Waals surface area contributed by atoms with Crippen LogP contribution in [0.3, 0.4) is 0 Å². The highest BCUT2D eigenvalue weighted by atomic mass is 14.3. The first-order valence-electron chi connectivity index (χ1n) is 9.11. The van der Waals surface area contributed by atoms with E-state index in [1.807, 2.05) is 0 Å². The van der Waals surface area contributed by atoms with Crippen molar-refractivity contribution in [2.45, 2.75) is 71.1 Å². The highest BCUT2D eigenvalue weighted by Crippen LogP contribution is 2.40. The Labute approximate surface area is 130 Å². The van der Waals surface area contributed by atoms with Crippen LogP contribution in [-0.4, -0.2) is 0 Å². The summed E-state index contributed by atoms with van der Waals surface area (Å²) < 4.78 is 0. The molecule has 0 N–H and O–H groups in total. The minimum absolute atomic E-state index is 0.878. The maximum atomic E-state index is 2.56. The van der Waals surface area contributed by atoms with E-state index in [1.165, 1.54) is 75.3 Å². The standard InChI is InChI=1S/C21H30/c1-17-12-14-18(15-13-17)16-21(19-8-4-2-5-9-19)20-10-6-3-7-11-20/h12-16,19-20H,2-11H2,1H3. The third kappa shape index (κ3) is 3.99. The number of hydrogen-bond acceptors (Lipinski definition) is 0. The van der Waals surface area contributed by atoms with Crippen LogP contribution in [0, 0.1) is 18.8 Å². The molecule has 114 valence electrons. The molecule has 0 heterocycles. The summed E-state index contributed by atoms with van der Waals surface area (Å²) in [5.74, 6) is 1.76. The SMILES string of the molecule is Cc1ccc(C=C(C2CCCCC2)C2CCCCC2)cc1. The molecule has 0 radical (unpaired) electrons. The molecule has 2 aliphatic carbocycles. The number of allylic oxidation sites excluding steroid dienone is 1. The van der Waals surface area contributed by atoms with Gasteiger partial charge in [-0.05, 0) is 50.0 Å². The van der Waals surface area contributed by atoms with E-state index >= 15 is 0 Å². The summed E-state index contributed by atoms with van der Waals surface area (Å²) in [5, 5.41) is 0. The molecule has 0 heteroatoms. The van der Waals surface area contributed by atoms with Crippen molar-refractivity contribution in [1.82, 2.24) is 0 Å². The average molecular weight is 282 g/mol. The molecule has 2 fully saturated rings. The second-order valence-electron chi connectivity index (χ2n) is 7.22. The van der Waals surface area contributed by atoms with Gasteiger partial charge in [-0.15, -0.1) is 0 Å². The molecular formula is C21H30. The van der Waals surface area contributed by atoms with Crippen molar-refractivity contribution in [1.29, 1.82) is 0 Å². The largest absolute Gasteiger partial charge is 0.0634 e. The van der Waals surface area contributed by atoms with Gasteiger partial charge in [0.2, 0.25) is 0 Å². The molecule has 0 nitrogen and oxygen atoms in total. The maximum Gasteiger partial charge on any atom is -0.0197 e. The second-order valence-corrected chi connectivity index (χ2v) is 7.22. The lowest BCUT2D eigenvalue weighted by atomic mass is 9.73. The topological polar surface area (TPSA) is 0 Å². The quantitative estimate of drug-likeness (QED) is 0.590. The Balaban J connectivity index is 1.84. The van der Waals surface area contributed by atoms with Gasteiger partial charge in [0.15, 0.2) is 0 Å². The summed E-state index contributed by atoms with van der Waals surface area (Å²) in [6, 6.07) is 9.12. The molecule has 21 heavy (non-hydrogen) atoms. The van der Waals surface area contributed by atoms with Crippen LogP contribution in [0.1, 0.15) is 75.3 Å². The van der Waals surface area contributed by atoms with Gasteiger partial charge < -0.3 is 0 Å². The summed E-state index contributed by atoms with van der Waals surface area (Å²) in [7, 11) is 0. The van der Waals surface area contributed by atoms with Gasteiger partial charge in [-0.1, -0.05) is 80.0 Å². The number of benzene rings is 1. The van der Waals surface area contributed by atoms with E-state index in [2.05, 4.69) is 37.3 Å². The van der Waals surface area contributed by atoms with Gasteiger partial charge in [0.05, 0.1) is 0 Å². The van der Waals surface area contributed by atoms with E-state index in [1.54, 1.807) is 5.57 Å². The minimum Gasteiger partial charge on any atom is -0.0634 e. The lowest BCUT2D eigenvalue weighted by Crippen LogP contribution is -2.18. The molecule has 0 aliphatic heterocycles. The van der Waals surface area contributed by atoms with Gasteiger partial charge in [0, 0.05) is 0 Å². The Morgan fingerprint density at radius 2 is 1.24 bits per heavy atom. The lowest BCUT2D eigenvalue weighted by molar-refractivity contribution is 0.328. The number of hydrogen-bond donors (Lipinski definition) is 0. The lowest BCUT2D eigenvalue weighted by Gasteiger charge is -2.32. The second kappa shape index (κ2) is 7.29. The molecule has 0 amide bonds. The first-order valence-corrected chi connectivity index (χ1v) is 9.11. The fraction of sp³-hybridized carbons (Fsp3) is 0.619. The molecule has 1 aromatic rings. The van der Waals surface area contributed by atoms with Gasteiger partial charge >= 0.3 is 0 Å². The van der Waals surface area contributed by atoms with Crippen LogP contribution >= 0.6 is 0 Å². The Morgan fingerprint density at radius 3 is 1.71 bits per heavy atom. The van der Waals surface area contributed by atoms with Gasteiger partial charge in [0.1, 0.15) is 0 Å². The van der Waals surface area contributed by atoms with Gasteiger partial charge in [0.25, 0.3) is 0 Å². The molecule has 2 aliphatic rings. The zero-order chi connectivity index (χ0) is 14.5. The highest BCUT2D eigenvalue weighted by molar-refractivity contribution is 5.54. The summed E-state index contributed by atoms with van der Waals surface area (Å²) >= 11 is 0. The van der Waals surface area contributed by atoms with Crippen LogP contribution in [0.5, 0.6) is 0 Å². The first-order chi connectivity index (χ1) is 10.3. The Morgan fingerprint density at radius 1 is 0.762 bits per heavy atom. The third-order valence-corrected chi connectivity index (χ3v) is 5.56. The Hall–Kier alpha value is -1.04. The average Bonchev–Trinajstić information content (AvgIpc) is 2.56. The van der Waals surface area contributed by atoms with Gasteiger partial charge in [-0.25, -0.2) is 0 Å². The van der Waals surface area contributed by atoms with Crippen molar-refractivity contribution in [2.75, 3.05) is 0 Å². The van der Waals surface area contributed by atoms with Crippen molar-refractivity contribution < 1.29 is 0 Å².